The summed E-state index contributed by atoms with van der Waals surface area (Å²) < 4.78 is 5.95. The molecule has 0 radical (unpaired) electrons. The number of piperidine rings is 1. The van der Waals surface area contributed by atoms with Crippen molar-refractivity contribution in [3.63, 3.8) is 0 Å². The first-order valence-corrected chi connectivity index (χ1v) is 10.5. The number of nitrogens with one attached hydrogen (secondary N) is 1. The Morgan fingerprint density at radius 3 is 2.25 bits per heavy atom. The number of hydrogen-bond acceptors (Lipinski definition) is 3. The average Bonchev–Trinajstić information content (AvgIpc) is 3.06. The predicted molar refractivity (Wildman–Crippen MR) is 112 cm³/mol. The Balaban J connectivity index is 1.32. The minimum absolute atomic E-state index is 0.238. The third-order valence-corrected chi connectivity index (χ3v) is 6.12. The molecule has 1 fully saturated rings. The van der Waals surface area contributed by atoms with E-state index in [1.165, 1.54) is 36.8 Å². The molecule has 0 aromatic heterocycles. The van der Waals surface area contributed by atoms with E-state index in [1.54, 1.807) is 4.90 Å². The number of fused-ring (bicyclic) bond motifs is 3. The van der Waals surface area contributed by atoms with Crippen molar-refractivity contribution in [3.05, 3.63) is 59.7 Å². The molecular formula is C24H30N2O2. The van der Waals surface area contributed by atoms with Gasteiger partial charge in [0.15, 0.2) is 6.10 Å². The molecular weight excluding hydrogens is 348 g/mol. The number of carbonyl (C=O) groups excluding carboxylic acids is 1. The second kappa shape index (κ2) is 8.78. The summed E-state index contributed by atoms with van der Waals surface area (Å²) in [5.41, 5.74) is 4.49. The molecule has 0 unspecified atom stereocenters. The zero-order chi connectivity index (χ0) is 19.3. The van der Waals surface area contributed by atoms with E-state index in [4.69, 9.17) is 4.74 Å². The van der Waals surface area contributed by atoms with Crippen LogP contribution < -0.4 is 5.32 Å². The summed E-state index contributed by atoms with van der Waals surface area (Å²) in [6, 6.07) is 16.4. The number of nitrogens with zero attached hydrogens (tertiary/aromatic N) is 1. The molecule has 1 aliphatic heterocycles. The van der Waals surface area contributed by atoms with E-state index in [-0.39, 0.29) is 12.2 Å². The van der Waals surface area contributed by atoms with Crippen molar-refractivity contribution >= 4 is 6.09 Å². The summed E-state index contributed by atoms with van der Waals surface area (Å²) in [6.45, 7) is 3.06. The van der Waals surface area contributed by atoms with Gasteiger partial charge in [-0.15, -0.1) is 0 Å². The van der Waals surface area contributed by atoms with E-state index < -0.39 is 0 Å². The zero-order valence-corrected chi connectivity index (χ0v) is 16.7. The molecule has 2 aromatic rings. The van der Waals surface area contributed by atoms with Crippen molar-refractivity contribution in [1.82, 2.24) is 10.2 Å². The lowest BCUT2D eigenvalue weighted by Crippen LogP contribution is -2.30. The van der Waals surface area contributed by atoms with Gasteiger partial charge < -0.3 is 15.0 Å². The zero-order valence-electron chi connectivity index (χ0n) is 16.7. The Bertz CT molecular complexity index is 768. The van der Waals surface area contributed by atoms with Crippen LogP contribution >= 0.6 is 0 Å². The van der Waals surface area contributed by atoms with Crippen LogP contribution in [0.1, 0.15) is 49.3 Å². The van der Waals surface area contributed by atoms with Crippen molar-refractivity contribution in [3.8, 4) is 11.1 Å². The van der Waals surface area contributed by atoms with Crippen LogP contribution in [0.3, 0.4) is 0 Å². The molecule has 1 aliphatic carbocycles. The average molecular weight is 379 g/mol. The SMILES string of the molecule is CN(CCCCC1CCNCC1)C(=O)OC1c2ccccc2-c2ccccc21. The van der Waals surface area contributed by atoms with Crippen LogP contribution in [0.25, 0.3) is 11.1 Å². The molecule has 0 spiro atoms. The summed E-state index contributed by atoms with van der Waals surface area (Å²) in [4.78, 5) is 14.4. The highest BCUT2D eigenvalue weighted by atomic mass is 16.6. The third kappa shape index (κ3) is 4.07. The van der Waals surface area contributed by atoms with E-state index in [0.29, 0.717) is 0 Å². The molecule has 4 nitrogen and oxygen atoms in total. The fourth-order valence-corrected chi connectivity index (χ4v) is 4.47. The number of carbonyl (C=O) groups is 1. The van der Waals surface area contributed by atoms with Gasteiger partial charge in [-0.1, -0.05) is 61.4 Å². The first-order valence-electron chi connectivity index (χ1n) is 10.5. The Labute approximate surface area is 167 Å². The first-order chi connectivity index (χ1) is 13.7. The van der Waals surface area contributed by atoms with Crippen LogP contribution in [0.5, 0.6) is 0 Å². The minimum atomic E-state index is -0.308. The van der Waals surface area contributed by atoms with Crippen molar-refractivity contribution in [2.24, 2.45) is 5.92 Å². The first kappa shape index (κ1) is 19.0. The van der Waals surface area contributed by atoms with Gasteiger partial charge in [0, 0.05) is 24.7 Å². The Morgan fingerprint density at radius 1 is 1.00 bits per heavy atom. The Hall–Kier alpha value is -2.33. The second-order valence-corrected chi connectivity index (χ2v) is 8.05. The standard InChI is InChI=1S/C24H30N2O2/c1-26(17-7-6-8-18-13-15-25-16-14-18)24(27)28-23-21-11-4-2-9-19(21)20-10-3-5-12-22(20)23/h2-5,9-12,18,23,25H,6-8,13-17H2,1H3. The molecule has 148 valence electrons. The highest BCUT2D eigenvalue weighted by Crippen LogP contribution is 2.45. The summed E-state index contributed by atoms with van der Waals surface area (Å²) >= 11 is 0. The van der Waals surface area contributed by atoms with Crippen molar-refractivity contribution in [2.45, 2.75) is 38.2 Å². The Kier molecular flexibility index (Phi) is 5.96. The van der Waals surface area contributed by atoms with Crippen LogP contribution in [-0.2, 0) is 4.74 Å². The maximum atomic E-state index is 12.7. The normalized spacial score (nSPS) is 16.5. The van der Waals surface area contributed by atoms with Crippen LogP contribution in [-0.4, -0.2) is 37.7 Å². The van der Waals surface area contributed by atoms with Crippen LogP contribution in [0.2, 0.25) is 0 Å². The molecule has 2 aromatic carbocycles. The number of rotatable bonds is 6. The molecule has 0 saturated carbocycles. The van der Waals surface area contributed by atoms with Gasteiger partial charge in [-0.2, -0.15) is 0 Å². The number of benzene rings is 2. The molecule has 2 aliphatic rings. The summed E-state index contributed by atoms with van der Waals surface area (Å²) in [6.07, 6.45) is 5.52. The van der Waals surface area contributed by atoms with Gasteiger partial charge >= 0.3 is 6.09 Å². The largest absolute Gasteiger partial charge is 0.436 e. The van der Waals surface area contributed by atoms with E-state index in [0.717, 1.165) is 43.1 Å². The van der Waals surface area contributed by atoms with Crippen LogP contribution in [0.4, 0.5) is 4.79 Å². The number of amides is 1. The van der Waals surface area contributed by atoms with Gasteiger partial charge in [0.05, 0.1) is 0 Å². The Morgan fingerprint density at radius 2 is 1.61 bits per heavy atom. The molecule has 0 bridgehead atoms. The number of ether oxygens (including phenoxy) is 1. The van der Waals surface area contributed by atoms with Gasteiger partial charge in [-0.05, 0) is 49.4 Å². The maximum absolute atomic E-state index is 12.7. The van der Waals surface area contributed by atoms with Crippen molar-refractivity contribution < 1.29 is 9.53 Å². The maximum Gasteiger partial charge on any atom is 0.410 e. The number of unbranched alkanes of at least 4 members (excludes halogenated alkanes) is 1. The van der Waals surface area contributed by atoms with Gasteiger partial charge in [-0.3, -0.25) is 0 Å². The highest BCUT2D eigenvalue weighted by molar-refractivity contribution is 5.79. The van der Waals surface area contributed by atoms with Crippen LogP contribution in [0, 0.1) is 5.92 Å². The van der Waals surface area contributed by atoms with Crippen molar-refractivity contribution in [2.75, 3.05) is 26.7 Å². The molecule has 1 heterocycles. The van der Waals surface area contributed by atoms with E-state index in [1.807, 2.05) is 31.3 Å². The highest BCUT2D eigenvalue weighted by Gasteiger charge is 2.31. The van der Waals surface area contributed by atoms with E-state index in [9.17, 15) is 4.79 Å². The van der Waals surface area contributed by atoms with Crippen molar-refractivity contribution in [1.29, 1.82) is 0 Å². The molecule has 4 rings (SSSR count). The fourth-order valence-electron chi connectivity index (χ4n) is 4.47. The summed E-state index contributed by atoms with van der Waals surface area (Å²) in [5, 5.41) is 3.42. The number of hydrogen-bond donors (Lipinski definition) is 1. The van der Waals surface area contributed by atoms with Gasteiger partial charge in [-0.25, -0.2) is 4.79 Å². The third-order valence-electron chi connectivity index (χ3n) is 6.12. The topological polar surface area (TPSA) is 41.6 Å². The lowest BCUT2D eigenvalue weighted by Gasteiger charge is -2.23. The van der Waals surface area contributed by atoms with E-state index >= 15 is 0 Å². The van der Waals surface area contributed by atoms with Gasteiger partial charge in [0.25, 0.3) is 0 Å². The lowest BCUT2D eigenvalue weighted by atomic mass is 9.92. The van der Waals surface area contributed by atoms with E-state index in [2.05, 4.69) is 29.6 Å². The fraction of sp³-hybridized carbons (Fsp3) is 0.458. The molecule has 1 N–H and O–H groups in total. The molecule has 28 heavy (non-hydrogen) atoms. The summed E-state index contributed by atoms with van der Waals surface area (Å²) in [7, 11) is 1.85. The smallest absolute Gasteiger partial charge is 0.410 e. The monoisotopic (exact) mass is 378 g/mol. The van der Waals surface area contributed by atoms with Crippen LogP contribution in [0.15, 0.2) is 48.5 Å². The molecule has 4 heteroatoms. The van der Waals surface area contributed by atoms with Gasteiger partial charge in [0.2, 0.25) is 0 Å². The predicted octanol–water partition coefficient (Wildman–Crippen LogP) is 4.99. The summed E-state index contributed by atoms with van der Waals surface area (Å²) in [5.74, 6) is 0.852. The minimum Gasteiger partial charge on any atom is -0.436 e. The molecule has 1 amide bonds. The lowest BCUT2D eigenvalue weighted by molar-refractivity contribution is 0.0856. The molecule has 1 saturated heterocycles. The molecule has 0 atom stereocenters. The van der Waals surface area contributed by atoms with Gasteiger partial charge in [0.1, 0.15) is 0 Å². The quantitative estimate of drug-likeness (QED) is 0.720. The second-order valence-electron chi connectivity index (χ2n) is 8.05.